The van der Waals surface area contributed by atoms with Crippen LogP contribution >= 0.6 is 27.5 Å². The first kappa shape index (κ1) is 16.5. The number of methoxy groups -OCH3 is 1. The lowest BCUT2D eigenvalue weighted by atomic mass is 10.1. The van der Waals surface area contributed by atoms with Gasteiger partial charge in [-0.2, -0.15) is 5.10 Å². The minimum absolute atomic E-state index is 0.299. The molecule has 0 aliphatic rings. The highest BCUT2D eigenvalue weighted by Crippen LogP contribution is 2.23. The summed E-state index contributed by atoms with van der Waals surface area (Å²) in [7, 11) is 1.60. The summed E-state index contributed by atoms with van der Waals surface area (Å²) in [6, 6.07) is 8.97. The number of carbonyl (C=O) groups excluding carboxylic acids is 1. The van der Waals surface area contributed by atoms with Gasteiger partial charge >= 0.3 is 0 Å². The monoisotopic (exact) mass is 406 g/mol. The fourth-order valence-corrected chi connectivity index (χ4v) is 2.62. The number of ether oxygens (including phenoxy) is 1. The van der Waals surface area contributed by atoms with Crippen molar-refractivity contribution in [3.8, 4) is 5.75 Å². The summed E-state index contributed by atoms with van der Waals surface area (Å²) in [5.74, 6) is 0.364. The number of pyridine rings is 1. The third-order valence-corrected chi connectivity index (χ3v) is 4.03. The Labute approximate surface area is 151 Å². The molecule has 0 saturated heterocycles. The number of benzene rings is 1. The van der Waals surface area contributed by atoms with Gasteiger partial charge in [0.1, 0.15) is 16.6 Å². The molecule has 1 amide bonds. The molecule has 0 radical (unpaired) electrons. The molecule has 0 saturated carbocycles. The van der Waals surface area contributed by atoms with Crippen molar-refractivity contribution in [3.05, 3.63) is 57.4 Å². The number of aromatic amines is 1. The summed E-state index contributed by atoms with van der Waals surface area (Å²) >= 11 is 9.42. The van der Waals surface area contributed by atoms with Gasteiger partial charge in [0, 0.05) is 21.6 Å². The minimum atomic E-state index is -0.358. The van der Waals surface area contributed by atoms with Crippen molar-refractivity contribution in [2.75, 3.05) is 7.11 Å². The van der Waals surface area contributed by atoms with E-state index in [4.69, 9.17) is 16.3 Å². The number of rotatable bonds is 4. The second kappa shape index (κ2) is 7.02. The number of nitrogens with zero attached hydrogens (tertiary/aromatic N) is 2. The molecule has 0 atom stereocenters. The van der Waals surface area contributed by atoms with Crippen molar-refractivity contribution >= 4 is 50.6 Å². The van der Waals surface area contributed by atoms with Crippen LogP contribution in [-0.2, 0) is 0 Å². The van der Waals surface area contributed by atoms with E-state index in [1.807, 2.05) is 24.3 Å². The Hall–Kier alpha value is -2.38. The van der Waals surface area contributed by atoms with E-state index in [-0.39, 0.29) is 5.91 Å². The molecule has 3 aromatic rings. The highest BCUT2D eigenvalue weighted by atomic mass is 79.9. The summed E-state index contributed by atoms with van der Waals surface area (Å²) < 4.78 is 5.98. The first-order valence-corrected chi connectivity index (χ1v) is 8.05. The number of halogens is 2. The van der Waals surface area contributed by atoms with Crippen molar-refractivity contribution in [1.82, 2.24) is 15.4 Å². The first-order chi connectivity index (χ1) is 11.6. The van der Waals surface area contributed by atoms with Crippen LogP contribution in [0.4, 0.5) is 0 Å². The number of H-pyrrole nitrogens is 1. The van der Waals surface area contributed by atoms with Gasteiger partial charge in [0.25, 0.3) is 5.91 Å². The number of hydrogen-bond donors (Lipinski definition) is 2. The van der Waals surface area contributed by atoms with Crippen molar-refractivity contribution in [2.45, 2.75) is 0 Å². The molecule has 0 fully saturated rings. The van der Waals surface area contributed by atoms with Gasteiger partial charge in [0.05, 0.1) is 18.8 Å². The Kier molecular flexibility index (Phi) is 4.82. The molecule has 6 nitrogen and oxygen atoms in total. The Balaban J connectivity index is 1.80. The van der Waals surface area contributed by atoms with Gasteiger partial charge in [-0.3, -0.25) is 4.79 Å². The van der Waals surface area contributed by atoms with Crippen LogP contribution in [0.25, 0.3) is 10.9 Å². The smallest absolute Gasteiger partial charge is 0.287 e. The van der Waals surface area contributed by atoms with E-state index in [0.717, 1.165) is 21.1 Å². The lowest BCUT2D eigenvalue weighted by molar-refractivity contribution is 0.0951. The first-order valence-electron chi connectivity index (χ1n) is 6.88. The van der Waals surface area contributed by atoms with Crippen LogP contribution in [0, 0.1) is 0 Å². The summed E-state index contributed by atoms with van der Waals surface area (Å²) in [6.45, 7) is 0. The highest BCUT2D eigenvalue weighted by Gasteiger charge is 2.07. The molecule has 0 aliphatic heterocycles. The Morgan fingerprint density at radius 1 is 1.42 bits per heavy atom. The molecule has 122 valence electrons. The van der Waals surface area contributed by atoms with Crippen molar-refractivity contribution in [2.24, 2.45) is 5.10 Å². The van der Waals surface area contributed by atoms with Crippen LogP contribution in [0.3, 0.4) is 0 Å². The zero-order valence-electron chi connectivity index (χ0n) is 12.5. The highest BCUT2D eigenvalue weighted by molar-refractivity contribution is 9.10. The van der Waals surface area contributed by atoms with Crippen molar-refractivity contribution in [3.63, 3.8) is 0 Å². The van der Waals surface area contributed by atoms with E-state index in [2.05, 4.69) is 36.4 Å². The Morgan fingerprint density at radius 3 is 2.96 bits per heavy atom. The maximum Gasteiger partial charge on any atom is 0.287 e. The molecular weight excluding hydrogens is 396 g/mol. The number of nitrogens with one attached hydrogen (secondary N) is 2. The summed E-state index contributed by atoms with van der Waals surface area (Å²) in [5, 5.41) is 5.08. The van der Waals surface area contributed by atoms with E-state index in [1.165, 1.54) is 6.21 Å². The lowest BCUT2D eigenvalue weighted by Gasteiger charge is -2.04. The third-order valence-electron chi connectivity index (χ3n) is 3.26. The van der Waals surface area contributed by atoms with E-state index in [0.29, 0.717) is 16.4 Å². The number of fused-ring (bicyclic) bond motifs is 1. The molecular formula is C16H12BrClN4O2. The van der Waals surface area contributed by atoms with Gasteiger partial charge in [-0.15, -0.1) is 0 Å². The normalized spacial score (nSPS) is 11.1. The molecule has 24 heavy (non-hydrogen) atoms. The molecule has 3 rings (SSSR count). The second-order valence-corrected chi connectivity index (χ2v) is 6.13. The molecule has 0 aliphatic carbocycles. The summed E-state index contributed by atoms with van der Waals surface area (Å²) in [4.78, 5) is 19.0. The van der Waals surface area contributed by atoms with Gasteiger partial charge in [0.15, 0.2) is 0 Å². The predicted octanol–water partition coefficient (Wildman–Crippen LogP) is 3.75. The fourth-order valence-electron chi connectivity index (χ4n) is 2.08. The van der Waals surface area contributed by atoms with Crippen LogP contribution in [0.2, 0.25) is 5.15 Å². The lowest BCUT2D eigenvalue weighted by Crippen LogP contribution is -2.17. The Morgan fingerprint density at radius 2 is 2.25 bits per heavy atom. The third kappa shape index (κ3) is 3.58. The van der Waals surface area contributed by atoms with Gasteiger partial charge < -0.3 is 9.72 Å². The average Bonchev–Trinajstić information content (AvgIpc) is 3.01. The van der Waals surface area contributed by atoms with Gasteiger partial charge in [-0.05, 0) is 46.3 Å². The van der Waals surface area contributed by atoms with Gasteiger partial charge in [-0.1, -0.05) is 11.6 Å². The molecule has 2 heterocycles. The SMILES string of the molecule is COc1ccc2nc(Cl)c(/C=N\NC(=O)c3cc(Br)c[nH]3)cc2c1. The fraction of sp³-hybridized carbons (Fsp3) is 0.0625. The van der Waals surface area contributed by atoms with Crippen LogP contribution in [0.1, 0.15) is 16.1 Å². The molecule has 8 heteroatoms. The second-order valence-electron chi connectivity index (χ2n) is 4.86. The predicted molar refractivity (Wildman–Crippen MR) is 96.9 cm³/mol. The topological polar surface area (TPSA) is 79.4 Å². The number of aromatic nitrogens is 2. The number of carbonyl (C=O) groups is 1. The number of amides is 1. The number of hydrazone groups is 1. The minimum Gasteiger partial charge on any atom is -0.497 e. The molecule has 0 bridgehead atoms. The van der Waals surface area contributed by atoms with Crippen molar-refractivity contribution < 1.29 is 9.53 Å². The van der Waals surface area contributed by atoms with E-state index in [9.17, 15) is 4.79 Å². The van der Waals surface area contributed by atoms with Crippen LogP contribution in [0.5, 0.6) is 5.75 Å². The molecule has 0 unspecified atom stereocenters. The van der Waals surface area contributed by atoms with Crippen LogP contribution in [0.15, 0.2) is 46.1 Å². The molecule has 2 N–H and O–H groups in total. The van der Waals surface area contributed by atoms with Crippen LogP contribution in [-0.4, -0.2) is 29.2 Å². The maximum absolute atomic E-state index is 11.9. The molecule has 0 spiro atoms. The standard InChI is InChI=1S/C16H12BrClN4O2/c1-24-12-2-3-13-9(5-12)4-10(15(18)21-13)7-20-22-16(23)14-6-11(17)8-19-14/h2-8,19H,1H3,(H,22,23)/b20-7-. The van der Waals surface area contributed by atoms with E-state index < -0.39 is 0 Å². The van der Waals surface area contributed by atoms with Crippen molar-refractivity contribution in [1.29, 1.82) is 0 Å². The zero-order valence-corrected chi connectivity index (χ0v) is 14.9. The van der Waals surface area contributed by atoms with Crippen LogP contribution < -0.4 is 10.2 Å². The quantitative estimate of drug-likeness (QED) is 0.393. The zero-order chi connectivity index (χ0) is 17.1. The van der Waals surface area contributed by atoms with E-state index >= 15 is 0 Å². The average molecular weight is 408 g/mol. The maximum atomic E-state index is 11.9. The molecule has 1 aromatic carbocycles. The van der Waals surface area contributed by atoms with Gasteiger partial charge in [-0.25, -0.2) is 10.4 Å². The Bertz CT molecular complexity index is 939. The summed E-state index contributed by atoms with van der Waals surface area (Å²) in [5.41, 5.74) is 4.16. The number of hydrogen-bond acceptors (Lipinski definition) is 4. The molecule has 2 aromatic heterocycles. The largest absolute Gasteiger partial charge is 0.497 e. The van der Waals surface area contributed by atoms with Gasteiger partial charge in [0.2, 0.25) is 0 Å². The van der Waals surface area contributed by atoms with E-state index in [1.54, 1.807) is 19.4 Å². The summed E-state index contributed by atoms with van der Waals surface area (Å²) in [6.07, 6.45) is 3.11.